The van der Waals surface area contributed by atoms with Gasteiger partial charge in [0, 0.05) is 25.6 Å². The van der Waals surface area contributed by atoms with E-state index in [1.807, 2.05) is 63.2 Å². The van der Waals surface area contributed by atoms with Gasteiger partial charge in [-0.15, -0.1) is 0 Å². The Hall–Kier alpha value is -2.58. The van der Waals surface area contributed by atoms with Gasteiger partial charge in [0.25, 0.3) is 0 Å². The molecule has 0 aliphatic carbocycles. The fourth-order valence-electron chi connectivity index (χ4n) is 3.89. The number of sulfonamides is 1. The highest BCUT2D eigenvalue weighted by molar-refractivity contribution is 7.88. The molecule has 180 valence electrons. The molecule has 1 heterocycles. The predicted molar refractivity (Wildman–Crippen MR) is 129 cm³/mol. The highest BCUT2D eigenvalue weighted by Crippen LogP contribution is 2.29. The maximum absolute atomic E-state index is 12.8. The van der Waals surface area contributed by atoms with E-state index < -0.39 is 10.0 Å². The first-order valence-corrected chi connectivity index (χ1v) is 12.9. The first-order chi connectivity index (χ1) is 15.7. The first-order valence-electron chi connectivity index (χ1n) is 11.3. The van der Waals surface area contributed by atoms with Crippen molar-refractivity contribution in [1.82, 2.24) is 9.62 Å². The molecule has 0 radical (unpaired) electrons. The number of amides is 1. The molecular formula is C25H34N2O5S. The van der Waals surface area contributed by atoms with E-state index in [4.69, 9.17) is 9.47 Å². The van der Waals surface area contributed by atoms with E-state index >= 15 is 0 Å². The normalized spacial score (nSPS) is 15.4. The summed E-state index contributed by atoms with van der Waals surface area (Å²) in [5.41, 5.74) is 2.79. The van der Waals surface area contributed by atoms with Crippen molar-refractivity contribution < 1.29 is 22.7 Å². The Bertz CT molecular complexity index is 1040. The van der Waals surface area contributed by atoms with Crippen LogP contribution in [0, 0.1) is 12.8 Å². The van der Waals surface area contributed by atoms with Crippen molar-refractivity contribution in [2.45, 2.75) is 52.0 Å². The van der Waals surface area contributed by atoms with E-state index in [9.17, 15) is 13.2 Å². The zero-order valence-corrected chi connectivity index (χ0v) is 20.7. The van der Waals surface area contributed by atoms with Crippen LogP contribution in [0.3, 0.4) is 0 Å². The number of carbonyl (C=O) groups is 1. The molecule has 0 unspecified atom stereocenters. The Labute approximate surface area is 197 Å². The molecule has 0 saturated carbocycles. The maximum atomic E-state index is 12.8. The van der Waals surface area contributed by atoms with Crippen molar-refractivity contribution in [3.8, 4) is 11.5 Å². The average Bonchev–Trinajstić information content (AvgIpc) is 2.79. The van der Waals surface area contributed by atoms with Crippen molar-refractivity contribution in [3.63, 3.8) is 0 Å². The average molecular weight is 475 g/mol. The Kier molecular flexibility index (Phi) is 8.37. The molecule has 2 aromatic rings. The number of benzene rings is 2. The second-order valence-corrected chi connectivity index (χ2v) is 10.8. The zero-order valence-electron chi connectivity index (χ0n) is 19.8. The van der Waals surface area contributed by atoms with Gasteiger partial charge in [0.05, 0.1) is 19.0 Å². The van der Waals surface area contributed by atoms with E-state index in [-0.39, 0.29) is 23.7 Å². The molecular weight excluding hydrogens is 440 g/mol. The third-order valence-corrected chi connectivity index (χ3v) is 7.60. The Morgan fingerprint density at radius 3 is 2.30 bits per heavy atom. The molecule has 7 nitrogen and oxygen atoms in total. The fraction of sp³-hybridized carbons (Fsp3) is 0.480. The first kappa shape index (κ1) is 25.1. The van der Waals surface area contributed by atoms with Crippen molar-refractivity contribution in [3.05, 3.63) is 59.2 Å². The topological polar surface area (TPSA) is 84.9 Å². The van der Waals surface area contributed by atoms with E-state index in [0.717, 1.165) is 16.7 Å². The van der Waals surface area contributed by atoms with Crippen LogP contribution in [0.4, 0.5) is 0 Å². The third kappa shape index (κ3) is 6.95. The number of rotatable bonds is 9. The lowest BCUT2D eigenvalue weighted by molar-refractivity contribution is -0.126. The molecule has 8 heteroatoms. The van der Waals surface area contributed by atoms with Crippen LogP contribution < -0.4 is 14.8 Å². The Morgan fingerprint density at radius 1 is 1.06 bits per heavy atom. The van der Waals surface area contributed by atoms with Crippen molar-refractivity contribution in [2.24, 2.45) is 5.92 Å². The van der Waals surface area contributed by atoms with Gasteiger partial charge in [-0.2, -0.15) is 0 Å². The van der Waals surface area contributed by atoms with Crippen molar-refractivity contribution in [2.75, 3.05) is 20.2 Å². The zero-order chi connectivity index (χ0) is 24.0. The number of methoxy groups -OCH3 is 1. The van der Waals surface area contributed by atoms with Crippen LogP contribution in [-0.2, 0) is 27.1 Å². The quantitative estimate of drug-likeness (QED) is 0.600. The lowest BCUT2D eigenvalue weighted by Crippen LogP contribution is -2.43. The van der Waals surface area contributed by atoms with Gasteiger partial charge in [0.15, 0.2) is 11.5 Å². The molecule has 0 bridgehead atoms. The van der Waals surface area contributed by atoms with Crippen LogP contribution in [0.2, 0.25) is 0 Å². The molecule has 1 aliphatic heterocycles. The standard InChI is InChI=1S/C25H34N2O5S/c1-18(2)32-23-10-9-21(15-24(23)31-4)16-26-25(28)22-11-13-27(14-12-22)33(29,30)17-20-7-5-19(3)6-8-20/h5-10,15,18,22H,11-14,16-17H2,1-4H3,(H,26,28). The molecule has 3 rings (SSSR count). The van der Waals surface area contributed by atoms with E-state index in [2.05, 4.69) is 5.32 Å². The Balaban J connectivity index is 1.50. The maximum Gasteiger partial charge on any atom is 0.223 e. The van der Waals surface area contributed by atoms with E-state index in [1.165, 1.54) is 4.31 Å². The monoisotopic (exact) mass is 474 g/mol. The number of hydrogen-bond donors (Lipinski definition) is 1. The summed E-state index contributed by atoms with van der Waals surface area (Å²) < 4.78 is 38.2. The summed E-state index contributed by atoms with van der Waals surface area (Å²) in [6.45, 7) is 6.98. The SMILES string of the molecule is COc1cc(CNC(=O)C2CCN(S(=O)(=O)Cc3ccc(C)cc3)CC2)ccc1OC(C)C. The van der Waals surface area contributed by atoms with E-state index in [0.29, 0.717) is 44.0 Å². The van der Waals surface area contributed by atoms with Gasteiger partial charge >= 0.3 is 0 Å². The number of ether oxygens (including phenoxy) is 2. The van der Waals surface area contributed by atoms with Crippen LogP contribution in [0.25, 0.3) is 0 Å². The lowest BCUT2D eigenvalue weighted by Gasteiger charge is -2.30. The van der Waals surface area contributed by atoms with Gasteiger partial charge in [-0.05, 0) is 56.9 Å². The minimum absolute atomic E-state index is 0.0114. The van der Waals surface area contributed by atoms with Gasteiger partial charge in [-0.25, -0.2) is 12.7 Å². The molecule has 1 saturated heterocycles. The molecule has 0 spiro atoms. The number of hydrogen-bond acceptors (Lipinski definition) is 5. The molecule has 1 aliphatic rings. The van der Waals surface area contributed by atoms with Crippen LogP contribution in [0.1, 0.15) is 43.4 Å². The van der Waals surface area contributed by atoms with Crippen molar-refractivity contribution >= 4 is 15.9 Å². The predicted octanol–water partition coefficient (Wildman–Crippen LogP) is 3.65. The molecule has 2 aromatic carbocycles. The molecule has 1 amide bonds. The minimum Gasteiger partial charge on any atom is -0.493 e. The Morgan fingerprint density at radius 2 is 1.70 bits per heavy atom. The lowest BCUT2D eigenvalue weighted by atomic mass is 9.97. The summed E-state index contributed by atoms with van der Waals surface area (Å²) in [6, 6.07) is 13.1. The van der Waals surface area contributed by atoms with Crippen LogP contribution in [-0.4, -0.2) is 44.9 Å². The number of piperidine rings is 1. The summed E-state index contributed by atoms with van der Waals surface area (Å²) in [5, 5.41) is 2.98. The summed E-state index contributed by atoms with van der Waals surface area (Å²) in [4.78, 5) is 12.7. The van der Waals surface area contributed by atoms with Crippen LogP contribution in [0.15, 0.2) is 42.5 Å². The summed E-state index contributed by atoms with van der Waals surface area (Å²) in [7, 11) is -1.81. The largest absolute Gasteiger partial charge is 0.493 e. The summed E-state index contributed by atoms with van der Waals surface area (Å²) in [5.74, 6) is 1.04. The van der Waals surface area contributed by atoms with Gasteiger partial charge < -0.3 is 14.8 Å². The van der Waals surface area contributed by atoms with Gasteiger partial charge in [-0.1, -0.05) is 35.9 Å². The smallest absolute Gasteiger partial charge is 0.223 e. The molecule has 1 fully saturated rings. The number of nitrogens with zero attached hydrogens (tertiary/aromatic N) is 1. The highest BCUT2D eigenvalue weighted by Gasteiger charge is 2.31. The number of nitrogens with one attached hydrogen (secondary N) is 1. The number of carbonyl (C=O) groups excluding carboxylic acids is 1. The van der Waals surface area contributed by atoms with Crippen LogP contribution >= 0.6 is 0 Å². The van der Waals surface area contributed by atoms with Crippen molar-refractivity contribution in [1.29, 1.82) is 0 Å². The fourth-order valence-corrected chi connectivity index (χ4v) is 5.45. The van der Waals surface area contributed by atoms with Gasteiger partial charge in [0.1, 0.15) is 0 Å². The highest BCUT2D eigenvalue weighted by atomic mass is 32.2. The summed E-state index contributed by atoms with van der Waals surface area (Å²) >= 11 is 0. The second-order valence-electron chi connectivity index (χ2n) is 8.78. The van der Waals surface area contributed by atoms with Crippen LogP contribution in [0.5, 0.6) is 11.5 Å². The number of aryl methyl sites for hydroxylation is 1. The summed E-state index contributed by atoms with van der Waals surface area (Å²) in [6.07, 6.45) is 1.07. The molecule has 33 heavy (non-hydrogen) atoms. The molecule has 0 aromatic heterocycles. The second kappa shape index (κ2) is 11.0. The molecule has 1 N–H and O–H groups in total. The van der Waals surface area contributed by atoms with E-state index in [1.54, 1.807) is 7.11 Å². The van der Waals surface area contributed by atoms with Gasteiger partial charge in [0.2, 0.25) is 15.9 Å². The minimum atomic E-state index is -3.40. The molecule has 0 atom stereocenters. The van der Waals surface area contributed by atoms with Gasteiger partial charge in [-0.3, -0.25) is 4.79 Å². The third-order valence-electron chi connectivity index (χ3n) is 5.75.